The molecule has 2 aromatic carbocycles. The first-order valence-electron chi connectivity index (χ1n) is 10.2. The summed E-state index contributed by atoms with van der Waals surface area (Å²) < 4.78 is 0. The lowest BCUT2D eigenvalue weighted by Crippen LogP contribution is -2.52. The van der Waals surface area contributed by atoms with Crippen LogP contribution in [0.15, 0.2) is 48.5 Å². The topological polar surface area (TPSA) is 74.8 Å². The lowest BCUT2D eigenvalue weighted by atomic mass is 9.81. The Bertz CT molecular complexity index is 1080. The van der Waals surface area contributed by atoms with E-state index in [9.17, 15) is 19.2 Å². The Morgan fingerprint density at radius 1 is 0.818 bits per heavy atom. The number of carbonyl (C=O) groups is 4. The summed E-state index contributed by atoms with van der Waals surface area (Å²) in [6.45, 7) is -0.477. The summed E-state index contributed by atoms with van der Waals surface area (Å²) in [5.41, 5.74) is 0.515. The fourth-order valence-electron chi connectivity index (χ4n) is 4.15. The van der Waals surface area contributed by atoms with Crippen LogP contribution in [-0.2, 0) is 9.59 Å². The van der Waals surface area contributed by atoms with Crippen molar-refractivity contribution in [2.24, 2.45) is 11.8 Å². The Balaban J connectivity index is 1.69. The number of hydrogen-bond donors (Lipinski definition) is 0. The SMILES string of the molecule is O=C(CN(C(=O)c1ccc(Cl)cc1)N1C(=O)[C@H]2C[C@@H](Br)[C@@H](Br)C[C@H]2C1=O)c1ccc(Cl)cc1. The quantitative estimate of drug-likeness (QED) is 0.264. The van der Waals surface area contributed by atoms with Crippen LogP contribution in [0.4, 0.5) is 0 Å². The molecular formula is C23H18Br2Cl2N2O4. The molecule has 33 heavy (non-hydrogen) atoms. The fraction of sp³-hybridized carbons (Fsp3) is 0.304. The fourth-order valence-corrected chi connectivity index (χ4v) is 5.64. The highest BCUT2D eigenvalue weighted by molar-refractivity contribution is 9.12. The third-order valence-corrected chi connectivity index (χ3v) is 9.15. The number of alkyl halides is 2. The number of rotatable bonds is 5. The summed E-state index contributed by atoms with van der Waals surface area (Å²) in [6.07, 6.45) is 0.908. The van der Waals surface area contributed by atoms with E-state index in [2.05, 4.69) is 31.9 Å². The standard InChI is InChI=1S/C23H18Br2Cl2N2O4/c24-18-9-16-17(10-19(18)25)23(33)29(22(16)32)28(21(31)13-3-7-15(27)8-4-13)11-20(30)12-1-5-14(26)6-2-12/h1-8,16-19H,9-11H2/t16-,17+,18+,19-. The Hall–Kier alpha value is -1.74. The van der Waals surface area contributed by atoms with Crippen LogP contribution in [0, 0.1) is 11.8 Å². The van der Waals surface area contributed by atoms with Crippen LogP contribution in [-0.4, -0.2) is 49.7 Å². The molecule has 3 amide bonds. The lowest BCUT2D eigenvalue weighted by molar-refractivity contribution is -0.154. The van der Waals surface area contributed by atoms with Gasteiger partial charge in [0.05, 0.1) is 11.8 Å². The van der Waals surface area contributed by atoms with Crippen molar-refractivity contribution in [3.8, 4) is 0 Å². The van der Waals surface area contributed by atoms with Gasteiger partial charge in [0.2, 0.25) is 0 Å². The number of hydrazine groups is 1. The van der Waals surface area contributed by atoms with E-state index >= 15 is 0 Å². The first-order chi connectivity index (χ1) is 15.7. The molecule has 2 fully saturated rings. The molecule has 0 aromatic heterocycles. The first kappa shape index (κ1) is 24.4. The minimum atomic E-state index is -0.639. The van der Waals surface area contributed by atoms with Gasteiger partial charge in [-0.1, -0.05) is 55.1 Å². The summed E-state index contributed by atoms with van der Waals surface area (Å²) in [4.78, 5) is 53.1. The van der Waals surface area contributed by atoms with Gasteiger partial charge in [0, 0.05) is 30.8 Å². The monoisotopic (exact) mass is 614 g/mol. The third kappa shape index (κ3) is 4.90. The van der Waals surface area contributed by atoms with Gasteiger partial charge in [0.25, 0.3) is 17.7 Å². The molecule has 0 radical (unpaired) electrons. The van der Waals surface area contributed by atoms with Crippen molar-refractivity contribution >= 4 is 78.6 Å². The zero-order valence-corrected chi connectivity index (χ0v) is 21.8. The van der Waals surface area contributed by atoms with E-state index in [0.29, 0.717) is 28.5 Å². The molecule has 2 aliphatic rings. The number of fused-ring (bicyclic) bond motifs is 1. The van der Waals surface area contributed by atoms with Gasteiger partial charge in [0.1, 0.15) is 6.54 Å². The van der Waals surface area contributed by atoms with E-state index < -0.39 is 41.9 Å². The molecule has 1 heterocycles. The molecule has 2 aromatic rings. The van der Waals surface area contributed by atoms with Crippen molar-refractivity contribution in [1.82, 2.24) is 10.0 Å². The minimum Gasteiger partial charge on any atom is -0.292 e. The van der Waals surface area contributed by atoms with Crippen LogP contribution in [0.25, 0.3) is 0 Å². The van der Waals surface area contributed by atoms with E-state index in [0.717, 1.165) is 10.0 Å². The smallest absolute Gasteiger partial charge is 0.273 e. The van der Waals surface area contributed by atoms with Gasteiger partial charge >= 0.3 is 0 Å². The number of amides is 3. The van der Waals surface area contributed by atoms with Crippen molar-refractivity contribution in [2.75, 3.05) is 6.54 Å². The van der Waals surface area contributed by atoms with Crippen LogP contribution >= 0.6 is 55.1 Å². The zero-order chi connectivity index (χ0) is 23.9. The van der Waals surface area contributed by atoms with Gasteiger partial charge in [-0.25, -0.2) is 5.01 Å². The highest BCUT2D eigenvalue weighted by atomic mass is 79.9. The van der Waals surface area contributed by atoms with E-state index in [1.54, 1.807) is 12.1 Å². The molecule has 0 unspecified atom stereocenters. The van der Waals surface area contributed by atoms with Gasteiger partial charge in [-0.15, -0.1) is 0 Å². The molecule has 4 rings (SSSR count). The number of ketones is 1. The van der Waals surface area contributed by atoms with Crippen molar-refractivity contribution in [3.05, 3.63) is 69.7 Å². The van der Waals surface area contributed by atoms with Crippen molar-refractivity contribution in [1.29, 1.82) is 0 Å². The molecule has 1 saturated carbocycles. The summed E-state index contributed by atoms with van der Waals surface area (Å²) >= 11 is 19.0. The van der Waals surface area contributed by atoms with Gasteiger partial charge < -0.3 is 0 Å². The predicted octanol–water partition coefficient (Wildman–Crippen LogP) is 5.16. The summed E-state index contributed by atoms with van der Waals surface area (Å²) in [5.74, 6) is -3.12. The van der Waals surface area contributed by atoms with Crippen LogP contribution in [0.1, 0.15) is 33.6 Å². The van der Waals surface area contributed by atoms with Gasteiger partial charge in [-0.2, -0.15) is 5.01 Å². The third-order valence-electron chi connectivity index (χ3n) is 5.91. The van der Waals surface area contributed by atoms with E-state index in [4.69, 9.17) is 23.2 Å². The zero-order valence-electron chi connectivity index (χ0n) is 17.1. The van der Waals surface area contributed by atoms with E-state index in [-0.39, 0.29) is 15.2 Å². The lowest BCUT2D eigenvalue weighted by Gasteiger charge is -2.30. The highest BCUT2D eigenvalue weighted by Crippen LogP contribution is 2.43. The second-order valence-corrected chi connectivity index (χ2v) is 11.2. The minimum absolute atomic E-state index is 0.0200. The molecule has 10 heteroatoms. The molecule has 6 nitrogen and oxygen atoms in total. The number of Topliss-reactive ketones (excluding diaryl/α,β-unsaturated/α-hetero) is 1. The Morgan fingerprint density at radius 3 is 1.70 bits per heavy atom. The van der Waals surface area contributed by atoms with Gasteiger partial charge in [-0.3, -0.25) is 19.2 Å². The van der Waals surface area contributed by atoms with Crippen molar-refractivity contribution < 1.29 is 19.2 Å². The summed E-state index contributed by atoms with van der Waals surface area (Å²) in [6, 6.07) is 12.2. The summed E-state index contributed by atoms with van der Waals surface area (Å²) in [7, 11) is 0. The van der Waals surface area contributed by atoms with Crippen molar-refractivity contribution in [2.45, 2.75) is 22.5 Å². The maximum atomic E-state index is 13.4. The Morgan fingerprint density at radius 2 is 1.24 bits per heavy atom. The molecule has 4 atom stereocenters. The Kier molecular flexibility index (Phi) is 7.29. The molecule has 0 spiro atoms. The van der Waals surface area contributed by atoms with Crippen molar-refractivity contribution in [3.63, 3.8) is 0 Å². The van der Waals surface area contributed by atoms with E-state index in [1.165, 1.54) is 36.4 Å². The predicted molar refractivity (Wildman–Crippen MR) is 132 cm³/mol. The Labute approximate surface area is 217 Å². The normalized spacial score (nSPS) is 24.5. The maximum absolute atomic E-state index is 13.4. The molecule has 1 saturated heterocycles. The number of hydrogen-bond acceptors (Lipinski definition) is 4. The second kappa shape index (κ2) is 9.86. The van der Waals surface area contributed by atoms with Crippen LogP contribution in [0.3, 0.4) is 0 Å². The highest BCUT2D eigenvalue weighted by Gasteiger charge is 2.54. The van der Waals surface area contributed by atoms with Gasteiger partial charge in [-0.05, 0) is 61.4 Å². The van der Waals surface area contributed by atoms with Crippen LogP contribution < -0.4 is 0 Å². The number of halogens is 4. The summed E-state index contributed by atoms with van der Waals surface area (Å²) in [5, 5.41) is 2.71. The largest absolute Gasteiger partial charge is 0.292 e. The molecule has 172 valence electrons. The first-order valence-corrected chi connectivity index (χ1v) is 12.8. The number of benzene rings is 2. The maximum Gasteiger partial charge on any atom is 0.273 e. The molecule has 1 aliphatic carbocycles. The van der Waals surface area contributed by atoms with Crippen LogP contribution in [0.2, 0.25) is 10.0 Å². The molecule has 0 bridgehead atoms. The second-order valence-electron chi connectivity index (χ2n) is 8.00. The number of nitrogens with zero attached hydrogens (tertiary/aromatic N) is 2. The average molecular weight is 617 g/mol. The number of imide groups is 1. The average Bonchev–Trinajstić information content (AvgIpc) is 3.02. The molecular weight excluding hydrogens is 599 g/mol. The molecule has 0 N–H and O–H groups in total. The number of carbonyl (C=O) groups excluding carboxylic acids is 4. The van der Waals surface area contributed by atoms with Crippen LogP contribution in [0.5, 0.6) is 0 Å². The van der Waals surface area contributed by atoms with Gasteiger partial charge in [0.15, 0.2) is 5.78 Å². The van der Waals surface area contributed by atoms with E-state index in [1.807, 2.05) is 0 Å². The molecule has 1 aliphatic heterocycles.